The van der Waals surface area contributed by atoms with Crippen LogP contribution in [0.3, 0.4) is 0 Å². The van der Waals surface area contributed by atoms with Gasteiger partial charge in [-0.3, -0.25) is 14.5 Å². The summed E-state index contributed by atoms with van der Waals surface area (Å²) in [5.41, 5.74) is 5.62. The van der Waals surface area contributed by atoms with Crippen LogP contribution in [0.1, 0.15) is 35.4 Å². The minimum atomic E-state index is -1.04. The van der Waals surface area contributed by atoms with Gasteiger partial charge in [-0.2, -0.15) is 0 Å². The molecule has 42 heavy (non-hydrogen) atoms. The molecule has 5 rings (SSSR count). The first-order valence-electron chi connectivity index (χ1n) is 14.5. The standard InChI is InChI=1S/C33H38N4O5/c1-36-17-18-37(20-23-9-3-2-4-10-23)24(21-36)19-34-32(40)30(15-16-31(38)39)35-33(41)42-22-29-27-13-7-5-11-25(27)26-12-6-8-14-28(26)29/h2-14,24,29-30H,15-22H2,1H3,(H,34,40)(H,35,41)(H,38,39). The third-order valence-corrected chi connectivity index (χ3v) is 8.15. The number of nitrogens with one attached hydrogen (secondary N) is 2. The van der Waals surface area contributed by atoms with E-state index >= 15 is 0 Å². The zero-order chi connectivity index (χ0) is 29.5. The number of carboxylic acids is 1. The predicted octanol–water partition coefficient (Wildman–Crippen LogP) is 3.69. The minimum Gasteiger partial charge on any atom is -0.481 e. The lowest BCUT2D eigenvalue weighted by molar-refractivity contribution is -0.137. The van der Waals surface area contributed by atoms with E-state index in [1.165, 1.54) is 5.56 Å². The van der Waals surface area contributed by atoms with E-state index in [0.29, 0.717) is 6.54 Å². The Labute approximate surface area is 246 Å². The Morgan fingerprint density at radius 3 is 2.24 bits per heavy atom. The summed E-state index contributed by atoms with van der Waals surface area (Å²) in [5.74, 6) is -1.57. The van der Waals surface area contributed by atoms with E-state index < -0.39 is 24.0 Å². The second-order valence-corrected chi connectivity index (χ2v) is 11.1. The molecule has 2 aliphatic rings. The second-order valence-electron chi connectivity index (χ2n) is 11.1. The fraction of sp³-hybridized carbons (Fsp3) is 0.364. The highest BCUT2D eigenvalue weighted by atomic mass is 16.5. The van der Waals surface area contributed by atoms with Gasteiger partial charge in [0.25, 0.3) is 0 Å². The molecule has 0 aromatic heterocycles. The maximum atomic E-state index is 13.3. The zero-order valence-corrected chi connectivity index (χ0v) is 23.9. The van der Waals surface area contributed by atoms with Gasteiger partial charge in [0, 0.05) is 51.1 Å². The van der Waals surface area contributed by atoms with Crippen LogP contribution in [0.25, 0.3) is 11.1 Å². The predicted molar refractivity (Wildman–Crippen MR) is 160 cm³/mol. The summed E-state index contributed by atoms with van der Waals surface area (Å²) >= 11 is 0. The van der Waals surface area contributed by atoms with Crippen LogP contribution in [-0.2, 0) is 20.9 Å². The zero-order valence-electron chi connectivity index (χ0n) is 23.9. The number of alkyl carbamates (subject to hydrolysis) is 1. The van der Waals surface area contributed by atoms with E-state index in [1.54, 1.807) is 0 Å². The summed E-state index contributed by atoms with van der Waals surface area (Å²) in [6.45, 7) is 3.85. The lowest BCUT2D eigenvalue weighted by Gasteiger charge is -2.40. The maximum Gasteiger partial charge on any atom is 0.407 e. The average Bonchev–Trinajstić information content (AvgIpc) is 3.32. The van der Waals surface area contributed by atoms with Crippen LogP contribution in [0.5, 0.6) is 0 Å². The quantitative estimate of drug-likeness (QED) is 0.323. The Bertz CT molecular complexity index is 1350. The largest absolute Gasteiger partial charge is 0.481 e. The highest BCUT2D eigenvalue weighted by Gasteiger charge is 2.31. The number of benzene rings is 3. The molecule has 2 atom stereocenters. The average molecular weight is 571 g/mol. The van der Waals surface area contributed by atoms with Gasteiger partial charge >= 0.3 is 12.1 Å². The van der Waals surface area contributed by atoms with Gasteiger partial charge in [0.15, 0.2) is 0 Å². The third kappa shape index (κ3) is 7.16. The SMILES string of the molecule is CN1CCN(Cc2ccccc2)C(CNC(=O)C(CCC(=O)O)NC(=O)OCC2c3ccccc3-c3ccccc32)C1. The van der Waals surface area contributed by atoms with Crippen LogP contribution in [0.4, 0.5) is 4.79 Å². The van der Waals surface area contributed by atoms with Crippen molar-refractivity contribution in [1.29, 1.82) is 0 Å². The molecule has 0 saturated carbocycles. The van der Waals surface area contributed by atoms with E-state index in [1.807, 2.05) is 54.6 Å². The molecule has 220 valence electrons. The fourth-order valence-corrected chi connectivity index (χ4v) is 5.93. The molecule has 1 aliphatic heterocycles. The molecule has 1 heterocycles. The number of ether oxygens (including phenoxy) is 1. The van der Waals surface area contributed by atoms with Gasteiger partial charge in [-0.25, -0.2) is 4.79 Å². The molecule has 3 aromatic carbocycles. The molecule has 3 N–H and O–H groups in total. The Morgan fingerprint density at radius 1 is 0.929 bits per heavy atom. The van der Waals surface area contributed by atoms with Crippen LogP contribution in [0.15, 0.2) is 78.9 Å². The number of carboxylic acid groups (broad SMARTS) is 1. The molecule has 2 amide bonds. The molecule has 0 radical (unpaired) electrons. The highest BCUT2D eigenvalue weighted by molar-refractivity contribution is 5.86. The Kier molecular flexibility index (Phi) is 9.51. The van der Waals surface area contributed by atoms with E-state index in [-0.39, 0.29) is 31.4 Å². The molecule has 0 spiro atoms. The molecule has 1 aliphatic carbocycles. The van der Waals surface area contributed by atoms with Crippen molar-refractivity contribution in [1.82, 2.24) is 20.4 Å². The Morgan fingerprint density at radius 2 is 1.57 bits per heavy atom. The minimum absolute atomic E-state index is 0.0380. The van der Waals surface area contributed by atoms with Crippen LogP contribution in [0.2, 0.25) is 0 Å². The number of amides is 2. The summed E-state index contributed by atoms with van der Waals surface area (Å²) in [5, 5.41) is 14.9. The topological polar surface area (TPSA) is 111 Å². The number of hydrogen-bond acceptors (Lipinski definition) is 6. The number of carbonyl (C=O) groups excluding carboxylic acids is 2. The van der Waals surface area contributed by atoms with Crippen molar-refractivity contribution in [2.24, 2.45) is 0 Å². The number of piperazine rings is 1. The van der Waals surface area contributed by atoms with Gasteiger partial charge in [0.05, 0.1) is 0 Å². The number of carbonyl (C=O) groups is 3. The molecule has 3 aromatic rings. The van der Waals surface area contributed by atoms with Crippen molar-refractivity contribution in [3.63, 3.8) is 0 Å². The summed E-state index contributed by atoms with van der Waals surface area (Å²) in [6, 6.07) is 25.4. The van der Waals surface area contributed by atoms with Gasteiger partial charge in [0.1, 0.15) is 12.6 Å². The molecule has 0 bridgehead atoms. The van der Waals surface area contributed by atoms with Crippen molar-refractivity contribution < 1.29 is 24.2 Å². The third-order valence-electron chi connectivity index (χ3n) is 8.15. The number of rotatable bonds is 11. The fourth-order valence-electron chi connectivity index (χ4n) is 5.93. The van der Waals surface area contributed by atoms with Gasteiger partial charge < -0.3 is 25.4 Å². The van der Waals surface area contributed by atoms with E-state index in [4.69, 9.17) is 4.74 Å². The van der Waals surface area contributed by atoms with Crippen molar-refractivity contribution >= 4 is 18.0 Å². The lowest BCUT2D eigenvalue weighted by atomic mass is 9.98. The Balaban J connectivity index is 1.19. The Hall–Kier alpha value is -4.21. The summed E-state index contributed by atoms with van der Waals surface area (Å²) in [6.07, 6.45) is -1.04. The van der Waals surface area contributed by atoms with E-state index in [0.717, 1.165) is 48.4 Å². The van der Waals surface area contributed by atoms with E-state index in [9.17, 15) is 19.5 Å². The first kappa shape index (κ1) is 29.3. The maximum absolute atomic E-state index is 13.3. The van der Waals surface area contributed by atoms with Crippen molar-refractivity contribution in [2.45, 2.75) is 37.4 Å². The normalized spacial score (nSPS) is 17.6. The van der Waals surface area contributed by atoms with Gasteiger partial charge in [0.2, 0.25) is 5.91 Å². The highest BCUT2D eigenvalue weighted by Crippen LogP contribution is 2.44. The molecule has 1 saturated heterocycles. The monoisotopic (exact) mass is 570 g/mol. The van der Waals surface area contributed by atoms with Gasteiger partial charge in [-0.1, -0.05) is 78.9 Å². The van der Waals surface area contributed by atoms with Crippen LogP contribution >= 0.6 is 0 Å². The van der Waals surface area contributed by atoms with Crippen molar-refractivity contribution in [2.75, 3.05) is 39.8 Å². The number of fused-ring (bicyclic) bond motifs is 3. The number of likely N-dealkylation sites (N-methyl/N-ethyl adjacent to an activating group) is 1. The molecular formula is C33H38N4O5. The molecule has 9 heteroatoms. The summed E-state index contributed by atoms with van der Waals surface area (Å²) in [7, 11) is 2.06. The van der Waals surface area contributed by atoms with Crippen LogP contribution < -0.4 is 10.6 Å². The number of hydrogen-bond donors (Lipinski definition) is 3. The van der Waals surface area contributed by atoms with Gasteiger partial charge in [-0.05, 0) is 41.3 Å². The lowest BCUT2D eigenvalue weighted by Crippen LogP contribution is -2.57. The number of aliphatic carboxylic acids is 1. The molecule has 9 nitrogen and oxygen atoms in total. The van der Waals surface area contributed by atoms with Crippen LogP contribution in [0, 0.1) is 0 Å². The first-order valence-corrected chi connectivity index (χ1v) is 14.5. The second kappa shape index (κ2) is 13.6. The molecule has 2 unspecified atom stereocenters. The van der Waals surface area contributed by atoms with Crippen molar-refractivity contribution in [3.8, 4) is 11.1 Å². The van der Waals surface area contributed by atoms with E-state index in [2.05, 4.69) is 51.7 Å². The van der Waals surface area contributed by atoms with Gasteiger partial charge in [-0.15, -0.1) is 0 Å². The molecule has 1 fully saturated rings. The summed E-state index contributed by atoms with van der Waals surface area (Å²) in [4.78, 5) is 42.1. The smallest absolute Gasteiger partial charge is 0.407 e. The van der Waals surface area contributed by atoms with Crippen LogP contribution in [-0.4, -0.2) is 84.8 Å². The summed E-state index contributed by atoms with van der Waals surface area (Å²) < 4.78 is 5.63. The first-order chi connectivity index (χ1) is 20.4. The molecular weight excluding hydrogens is 532 g/mol. The number of nitrogens with zero attached hydrogens (tertiary/aromatic N) is 2. The van der Waals surface area contributed by atoms with Crippen molar-refractivity contribution in [3.05, 3.63) is 95.6 Å².